The minimum absolute atomic E-state index is 0.118. The summed E-state index contributed by atoms with van der Waals surface area (Å²) in [7, 11) is 0. The highest BCUT2D eigenvalue weighted by molar-refractivity contribution is 5.75. The Kier molecular flexibility index (Phi) is 6.61. The number of hydrogen-bond acceptors (Lipinski definition) is 3. The van der Waals surface area contributed by atoms with Crippen molar-refractivity contribution in [3.8, 4) is 5.82 Å². The monoisotopic (exact) mass is 300 g/mol. The number of nitrogens with one attached hydrogen (secondary N) is 1. The number of unbranched alkanes of at least 4 members (excludes halogenated alkanes) is 4. The molecule has 0 saturated heterocycles. The van der Waals surface area contributed by atoms with Crippen molar-refractivity contribution in [2.24, 2.45) is 0 Å². The van der Waals surface area contributed by atoms with Crippen LogP contribution in [0.1, 0.15) is 51.0 Å². The number of carbonyl (C=O) groups is 1. The highest BCUT2D eigenvalue weighted by atomic mass is 16.1. The Hall–Kier alpha value is -2.17. The van der Waals surface area contributed by atoms with Gasteiger partial charge in [-0.05, 0) is 24.1 Å². The molecule has 2 aromatic heterocycles. The first-order valence-electron chi connectivity index (χ1n) is 8.01. The van der Waals surface area contributed by atoms with E-state index in [1.54, 1.807) is 17.1 Å². The van der Waals surface area contributed by atoms with Crippen molar-refractivity contribution < 1.29 is 4.79 Å². The molecule has 0 radical (unpaired) electrons. The van der Waals surface area contributed by atoms with Gasteiger partial charge in [-0.1, -0.05) is 38.7 Å². The molecule has 0 aromatic carbocycles. The van der Waals surface area contributed by atoms with Gasteiger partial charge in [0.1, 0.15) is 0 Å². The van der Waals surface area contributed by atoms with Gasteiger partial charge in [-0.2, -0.15) is 5.10 Å². The van der Waals surface area contributed by atoms with Gasteiger partial charge < -0.3 is 5.32 Å². The number of aromatic nitrogens is 3. The van der Waals surface area contributed by atoms with Gasteiger partial charge in [0.15, 0.2) is 5.82 Å². The van der Waals surface area contributed by atoms with Crippen molar-refractivity contribution in [3.63, 3.8) is 0 Å². The molecule has 5 nitrogen and oxygen atoms in total. The molecule has 0 aliphatic heterocycles. The van der Waals surface area contributed by atoms with Crippen LogP contribution in [-0.2, 0) is 11.3 Å². The lowest BCUT2D eigenvalue weighted by Crippen LogP contribution is -2.22. The first-order chi connectivity index (χ1) is 10.8. The fraction of sp³-hybridized carbons (Fsp3) is 0.471. The van der Waals surface area contributed by atoms with Crippen LogP contribution in [0.3, 0.4) is 0 Å². The minimum atomic E-state index is 0.118. The van der Waals surface area contributed by atoms with E-state index >= 15 is 0 Å². The lowest BCUT2D eigenvalue weighted by molar-refractivity contribution is -0.121. The second kappa shape index (κ2) is 8.97. The quantitative estimate of drug-likeness (QED) is 0.723. The summed E-state index contributed by atoms with van der Waals surface area (Å²) in [5.74, 6) is 0.892. The summed E-state index contributed by atoms with van der Waals surface area (Å²) < 4.78 is 1.71. The summed E-state index contributed by atoms with van der Waals surface area (Å²) in [5, 5.41) is 7.07. The lowest BCUT2D eigenvalue weighted by atomic mass is 10.1. The van der Waals surface area contributed by atoms with Gasteiger partial charge >= 0.3 is 0 Å². The molecular weight excluding hydrogens is 276 g/mol. The van der Waals surface area contributed by atoms with Crippen LogP contribution in [0, 0.1) is 0 Å². The van der Waals surface area contributed by atoms with E-state index in [4.69, 9.17) is 0 Å². The van der Waals surface area contributed by atoms with Crippen molar-refractivity contribution in [1.29, 1.82) is 0 Å². The summed E-state index contributed by atoms with van der Waals surface area (Å²) in [5.41, 5.74) is 0.996. The Balaban J connectivity index is 1.69. The third kappa shape index (κ3) is 5.31. The van der Waals surface area contributed by atoms with Crippen LogP contribution in [0.25, 0.3) is 5.82 Å². The second-order valence-corrected chi connectivity index (χ2v) is 5.42. The topological polar surface area (TPSA) is 59.8 Å². The van der Waals surface area contributed by atoms with E-state index in [0.717, 1.165) is 24.2 Å². The standard InChI is InChI=1S/C17H24N4O/c1-2-3-4-5-6-8-17(22)19-14-15-9-10-16(18-13-15)21-12-7-11-20-21/h7,9-13H,2-6,8,14H2,1H3,(H,19,22). The Morgan fingerprint density at radius 1 is 1.23 bits per heavy atom. The predicted octanol–water partition coefficient (Wildman–Crippen LogP) is 3.24. The third-order valence-corrected chi connectivity index (χ3v) is 3.55. The third-order valence-electron chi connectivity index (χ3n) is 3.55. The fourth-order valence-electron chi connectivity index (χ4n) is 2.24. The van der Waals surface area contributed by atoms with Crippen LogP contribution < -0.4 is 5.32 Å². The maximum atomic E-state index is 11.8. The van der Waals surface area contributed by atoms with Gasteiger partial charge in [0.05, 0.1) is 0 Å². The Labute approximate surface area is 131 Å². The molecule has 0 atom stereocenters. The number of nitrogens with zero attached hydrogens (tertiary/aromatic N) is 3. The van der Waals surface area contributed by atoms with Crippen molar-refractivity contribution in [3.05, 3.63) is 42.4 Å². The summed E-state index contributed by atoms with van der Waals surface area (Å²) in [6.45, 7) is 2.72. The average molecular weight is 300 g/mol. The van der Waals surface area contributed by atoms with Crippen LogP contribution in [0.2, 0.25) is 0 Å². The molecule has 0 aliphatic rings. The Morgan fingerprint density at radius 3 is 2.77 bits per heavy atom. The van der Waals surface area contributed by atoms with Gasteiger partial charge in [-0.3, -0.25) is 4.79 Å². The van der Waals surface area contributed by atoms with E-state index in [-0.39, 0.29) is 5.91 Å². The maximum absolute atomic E-state index is 11.8. The summed E-state index contributed by atoms with van der Waals surface area (Å²) in [4.78, 5) is 16.1. The van der Waals surface area contributed by atoms with Gasteiger partial charge in [-0.15, -0.1) is 0 Å². The van der Waals surface area contributed by atoms with E-state index in [2.05, 4.69) is 22.3 Å². The second-order valence-electron chi connectivity index (χ2n) is 5.42. The van der Waals surface area contributed by atoms with Gasteiger partial charge in [0, 0.05) is 31.6 Å². The van der Waals surface area contributed by atoms with E-state index in [1.807, 2.05) is 24.4 Å². The van der Waals surface area contributed by atoms with E-state index < -0.39 is 0 Å². The molecule has 2 rings (SSSR count). The van der Waals surface area contributed by atoms with Crippen LogP contribution in [0.5, 0.6) is 0 Å². The first-order valence-corrected chi connectivity index (χ1v) is 8.01. The number of amides is 1. The molecule has 1 N–H and O–H groups in total. The zero-order valence-electron chi connectivity index (χ0n) is 13.2. The average Bonchev–Trinajstić information content (AvgIpc) is 3.08. The molecule has 2 heterocycles. The van der Waals surface area contributed by atoms with Crippen molar-refractivity contribution in [1.82, 2.24) is 20.1 Å². The number of pyridine rings is 1. The van der Waals surface area contributed by atoms with Gasteiger partial charge in [0.25, 0.3) is 0 Å². The van der Waals surface area contributed by atoms with Crippen molar-refractivity contribution in [2.45, 2.75) is 52.0 Å². The van der Waals surface area contributed by atoms with Crippen LogP contribution in [-0.4, -0.2) is 20.7 Å². The molecule has 2 aromatic rings. The molecule has 0 unspecified atom stereocenters. The highest BCUT2D eigenvalue weighted by Gasteiger charge is 2.02. The summed E-state index contributed by atoms with van der Waals surface area (Å²) in [6, 6.07) is 5.72. The first kappa shape index (κ1) is 16.2. The molecule has 0 fully saturated rings. The number of carbonyl (C=O) groups excluding carboxylic acids is 1. The molecule has 0 saturated carbocycles. The molecule has 5 heteroatoms. The van der Waals surface area contributed by atoms with Crippen molar-refractivity contribution >= 4 is 5.91 Å². The van der Waals surface area contributed by atoms with E-state index in [0.29, 0.717) is 13.0 Å². The summed E-state index contributed by atoms with van der Waals surface area (Å²) >= 11 is 0. The zero-order valence-corrected chi connectivity index (χ0v) is 13.2. The normalized spacial score (nSPS) is 10.6. The molecule has 0 aliphatic carbocycles. The van der Waals surface area contributed by atoms with Crippen LogP contribution in [0.15, 0.2) is 36.8 Å². The van der Waals surface area contributed by atoms with Gasteiger partial charge in [0.2, 0.25) is 5.91 Å². The van der Waals surface area contributed by atoms with E-state index in [1.165, 1.54) is 19.3 Å². The highest BCUT2D eigenvalue weighted by Crippen LogP contribution is 2.06. The minimum Gasteiger partial charge on any atom is -0.352 e. The molecule has 22 heavy (non-hydrogen) atoms. The Morgan fingerprint density at radius 2 is 2.09 bits per heavy atom. The molecule has 0 bridgehead atoms. The van der Waals surface area contributed by atoms with E-state index in [9.17, 15) is 4.79 Å². The molecular formula is C17H24N4O. The molecule has 0 spiro atoms. The zero-order chi connectivity index (χ0) is 15.6. The number of hydrogen-bond donors (Lipinski definition) is 1. The fourth-order valence-corrected chi connectivity index (χ4v) is 2.24. The number of rotatable bonds is 9. The summed E-state index contributed by atoms with van der Waals surface area (Å²) in [6.07, 6.45) is 11.8. The molecule has 1 amide bonds. The van der Waals surface area contributed by atoms with Crippen molar-refractivity contribution in [2.75, 3.05) is 0 Å². The molecule has 118 valence electrons. The lowest BCUT2D eigenvalue weighted by Gasteiger charge is -2.06. The van der Waals surface area contributed by atoms with Crippen LogP contribution >= 0.6 is 0 Å². The van der Waals surface area contributed by atoms with Gasteiger partial charge in [-0.25, -0.2) is 9.67 Å². The largest absolute Gasteiger partial charge is 0.352 e. The predicted molar refractivity (Wildman–Crippen MR) is 86.6 cm³/mol. The SMILES string of the molecule is CCCCCCCC(=O)NCc1ccc(-n2cccn2)nc1. The Bertz CT molecular complexity index is 549. The van der Waals surface area contributed by atoms with Crippen LogP contribution in [0.4, 0.5) is 0 Å². The smallest absolute Gasteiger partial charge is 0.220 e. The maximum Gasteiger partial charge on any atom is 0.220 e.